The van der Waals surface area contributed by atoms with Gasteiger partial charge >= 0.3 is 0 Å². The van der Waals surface area contributed by atoms with Gasteiger partial charge in [0, 0.05) is 25.1 Å². The van der Waals surface area contributed by atoms with Crippen LogP contribution in [0.3, 0.4) is 0 Å². The van der Waals surface area contributed by atoms with Crippen molar-refractivity contribution in [2.45, 2.75) is 12.1 Å². The molecule has 0 aliphatic rings. The molecule has 0 saturated carbocycles. The Hall–Kier alpha value is -1.78. The summed E-state index contributed by atoms with van der Waals surface area (Å²) in [7, 11) is 3.62. The fourth-order valence-corrected chi connectivity index (χ4v) is 2.07. The molecule has 4 heteroatoms. The maximum Gasteiger partial charge on any atom is 0.115 e. The van der Waals surface area contributed by atoms with Crippen molar-refractivity contribution >= 4 is 0 Å². The van der Waals surface area contributed by atoms with E-state index < -0.39 is 0 Å². The molecule has 1 aromatic carbocycles. The highest BCUT2D eigenvalue weighted by atomic mass is 16.5. The number of nitrogens with one attached hydrogen (secondary N) is 1. The van der Waals surface area contributed by atoms with Crippen LogP contribution in [0, 0.1) is 0 Å². The van der Waals surface area contributed by atoms with Gasteiger partial charge in [-0.1, -0.05) is 30.3 Å². The van der Waals surface area contributed by atoms with Crippen LogP contribution in [0.15, 0.2) is 49.1 Å². The van der Waals surface area contributed by atoms with Gasteiger partial charge in [0.2, 0.25) is 0 Å². The van der Waals surface area contributed by atoms with Gasteiger partial charge in [0.15, 0.2) is 0 Å². The topological polar surface area (TPSA) is 47.0 Å². The maximum atomic E-state index is 5.63. The summed E-state index contributed by atoms with van der Waals surface area (Å²) in [5.41, 5.74) is 2.14. The van der Waals surface area contributed by atoms with Gasteiger partial charge in [0.1, 0.15) is 12.4 Å². The summed E-state index contributed by atoms with van der Waals surface area (Å²) in [6.45, 7) is 0. The molecule has 2 aromatic rings. The fourth-order valence-electron chi connectivity index (χ4n) is 2.07. The van der Waals surface area contributed by atoms with Crippen LogP contribution < -0.4 is 5.32 Å². The predicted octanol–water partition coefficient (Wildman–Crippen LogP) is 2.12. The Bertz CT molecular complexity index is 415. The average molecular weight is 243 g/mol. The number of nitrogens with zero attached hydrogens (tertiary/aromatic N) is 2. The maximum absolute atomic E-state index is 5.63. The van der Waals surface area contributed by atoms with Crippen LogP contribution >= 0.6 is 0 Å². The summed E-state index contributed by atoms with van der Waals surface area (Å²) in [6, 6.07) is 10.2. The number of methoxy groups -OCH3 is 1. The van der Waals surface area contributed by atoms with Gasteiger partial charge in [-0.05, 0) is 12.6 Å². The Balaban J connectivity index is 2.31. The van der Waals surface area contributed by atoms with Crippen molar-refractivity contribution in [3.63, 3.8) is 0 Å². The number of rotatable bonds is 5. The lowest BCUT2D eigenvalue weighted by Crippen LogP contribution is -2.25. The normalized spacial score (nSPS) is 14.1. The van der Waals surface area contributed by atoms with Crippen LogP contribution in [-0.4, -0.2) is 24.1 Å². The number of hydrogen-bond acceptors (Lipinski definition) is 4. The van der Waals surface area contributed by atoms with Crippen LogP contribution in [0.5, 0.6) is 0 Å². The first-order chi connectivity index (χ1) is 8.86. The largest absolute Gasteiger partial charge is 0.375 e. The lowest BCUT2D eigenvalue weighted by molar-refractivity contribution is 0.0699. The quantitative estimate of drug-likeness (QED) is 0.874. The van der Waals surface area contributed by atoms with Gasteiger partial charge in [0.25, 0.3) is 0 Å². The molecule has 2 rings (SSSR count). The first-order valence-corrected chi connectivity index (χ1v) is 5.86. The lowest BCUT2D eigenvalue weighted by Gasteiger charge is -2.26. The molecular formula is C14H17N3O. The molecule has 1 heterocycles. The number of ether oxygens (including phenoxy) is 1. The van der Waals surface area contributed by atoms with Crippen LogP contribution in [0.4, 0.5) is 0 Å². The Morgan fingerprint density at radius 3 is 2.28 bits per heavy atom. The first-order valence-electron chi connectivity index (χ1n) is 5.86. The zero-order valence-corrected chi connectivity index (χ0v) is 10.6. The molecule has 0 fully saturated rings. The van der Waals surface area contributed by atoms with Crippen LogP contribution in [0.25, 0.3) is 0 Å². The van der Waals surface area contributed by atoms with E-state index in [1.54, 1.807) is 7.11 Å². The minimum atomic E-state index is -0.0674. The molecule has 0 saturated heterocycles. The van der Waals surface area contributed by atoms with E-state index >= 15 is 0 Å². The molecule has 4 nitrogen and oxygen atoms in total. The molecule has 94 valence electrons. The summed E-state index contributed by atoms with van der Waals surface area (Å²) in [4.78, 5) is 8.11. The summed E-state index contributed by atoms with van der Waals surface area (Å²) >= 11 is 0. The van der Waals surface area contributed by atoms with Crippen molar-refractivity contribution in [1.82, 2.24) is 15.3 Å². The van der Waals surface area contributed by atoms with E-state index in [1.165, 1.54) is 6.33 Å². The molecule has 1 N–H and O–H groups in total. The van der Waals surface area contributed by atoms with Crippen molar-refractivity contribution in [3.05, 3.63) is 60.2 Å². The van der Waals surface area contributed by atoms with E-state index in [1.807, 2.05) is 37.6 Å². The van der Waals surface area contributed by atoms with Crippen molar-refractivity contribution in [2.75, 3.05) is 14.2 Å². The highest BCUT2D eigenvalue weighted by Gasteiger charge is 2.23. The molecule has 1 aromatic heterocycles. The highest BCUT2D eigenvalue weighted by Crippen LogP contribution is 2.30. The molecule has 0 aliphatic carbocycles. The Morgan fingerprint density at radius 1 is 1.06 bits per heavy atom. The van der Waals surface area contributed by atoms with Gasteiger partial charge in [0.05, 0.1) is 6.04 Å². The zero-order valence-electron chi connectivity index (χ0n) is 10.6. The van der Waals surface area contributed by atoms with E-state index in [0.717, 1.165) is 11.1 Å². The Morgan fingerprint density at radius 2 is 1.72 bits per heavy atom. The average Bonchev–Trinajstić information content (AvgIpc) is 2.46. The Labute approximate surface area is 107 Å². The van der Waals surface area contributed by atoms with Gasteiger partial charge in [-0.25, -0.2) is 9.97 Å². The molecular weight excluding hydrogens is 226 g/mol. The SMILES string of the molecule is CNC(c1cncnc1)C(OC)c1ccccc1. The molecule has 0 spiro atoms. The molecule has 18 heavy (non-hydrogen) atoms. The predicted molar refractivity (Wildman–Crippen MR) is 70.0 cm³/mol. The first kappa shape index (κ1) is 12.7. The van der Waals surface area contributed by atoms with Crippen molar-refractivity contribution in [3.8, 4) is 0 Å². The van der Waals surface area contributed by atoms with E-state index in [2.05, 4.69) is 27.4 Å². The second-order valence-corrected chi connectivity index (χ2v) is 4.01. The van der Waals surface area contributed by atoms with Gasteiger partial charge in [-0.3, -0.25) is 0 Å². The summed E-state index contributed by atoms with van der Waals surface area (Å²) in [5.74, 6) is 0. The van der Waals surface area contributed by atoms with Crippen LogP contribution in [-0.2, 0) is 4.74 Å². The van der Waals surface area contributed by atoms with Crippen LogP contribution in [0.2, 0.25) is 0 Å². The third kappa shape index (κ3) is 2.72. The number of hydrogen-bond donors (Lipinski definition) is 1. The minimum absolute atomic E-state index is 0.0265. The molecule has 0 radical (unpaired) electrons. The number of benzene rings is 1. The zero-order chi connectivity index (χ0) is 12.8. The van der Waals surface area contributed by atoms with Crippen LogP contribution in [0.1, 0.15) is 23.3 Å². The third-order valence-corrected chi connectivity index (χ3v) is 2.94. The monoisotopic (exact) mass is 243 g/mol. The van der Waals surface area contributed by atoms with E-state index in [-0.39, 0.29) is 12.1 Å². The second kappa shape index (κ2) is 6.23. The van der Waals surface area contributed by atoms with Crippen molar-refractivity contribution in [2.24, 2.45) is 0 Å². The standard InChI is InChI=1S/C14H17N3O/c1-15-13(12-8-16-10-17-9-12)14(18-2)11-6-4-3-5-7-11/h3-10,13-15H,1-2H3. The molecule has 0 aliphatic heterocycles. The second-order valence-electron chi connectivity index (χ2n) is 4.01. The van der Waals surface area contributed by atoms with Gasteiger partial charge < -0.3 is 10.1 Å². The minimum Gasteiger partial charge on any atom is -0.375 e. The van der Waals surface area contributed by atoms with Crippen molar-refractivity contribution < 1.29 is 4.74 Å². The summed E-state index contributed by atoms with van der Waals surface area (Å²) < 4.78 is 5.63. The summed E-state index contributed by atoms with van der Waals surface area (Å²) in [5, 5.41) is 3.26. The smallest absolute Gasteiger partial charge is 0.115 e. The van der Waals surface area contributed by atoms with E-state index in [4.69, 9.17) is 4.74 Å². The number of likely N-dealkylation sites (N-methyl/N-ethyl adjacent to an activating group) is 1. The van der Waals surface area contributed by atoms with Crippen molar-refractivity contribution in [1.29, 1.82) is 0 Å². The summed E-state index contributed by atoms with van der Waals surface area (Å²) in [6.07, 6.45) is 5.08. The molecule has 0 bridgehead atoms. The number of aromatic nitrogens is 2. The molecule has 0 amide bonds. The Kier molecular flexibility index (Phi) is 4.39. The highest BCUT2D eigenvalue weighted by molar-refractivity contribution is 5.23. The van der Waals surface area contributed by atoms with E-state index in [9.17, 15) is 0 Å². The molecule has 2 unspecified atom stereocenters. The van der Waals surface area contributed by atoms with Gasteiger partial charge in [-0.2, -0.15) is 0 Å². The fraction of sp³-hybridized carbons (Fsp3) is 0.286. The van der Waals surface area contributed by atoms with Gasteiger partial charge in [-0.15, -0.1) is 0 Å². The lowest BCUT2D eigenvalue weighted by atomic mass is 9.98. The molecule has 2 atom stereocenters. The third-order valence-electron chi connectivity index (χ3n) is 2.94. The van der Waals surface area contributed by atoms with E-state index in [0.29, 0.717) is 0 Å².